The van der Waals surface area contributed by atoms with Crippen LogP contribution in [0, 0.1) is 0 Å². The maximum absolute atomic E-state index is 12.5. The van der Waals surface area contributed by atoms with Crippen molar-refractivity contribution in [3.63, 3.8) is 0 Å². The van der Waals surface area contributed by atoms with Crippen LogP contribution in [0.15, 0.2) is 65.8 Å². The van der Waals surface area contributed by atoms with E-state index in [0.29, 0.717) is 22.6 Å². The van der Waals surface area contributed by atoms with Gasteiger partial charge in [-0.1, -0.05) is 30.3 Å². The highest BCUT2D eigenvalue weighted by Gasteiger charge is 2.13. The zero-order valence-corrected chi connectivity index (χ0v) is 15.3. The smallest absolute Gasteiger partial charge is 0.343 e. The predicted molar refractivity (Wildman–Crippen MR) is 109 cm³/mol. The molecular weight excluding hydrogens is 362 g/mol. The molecule has 7 heteroatoms. The zero-order valence-electron chi connectivity index (χ0n) is 14.5. The van der Waals surface area contributed by atoms with Crippen LogP contribution in [0.1, 0.15) is 15.9 Å². The topological polar surface area (TPSA) is 85.9 Å². The fraction of sp³-hybridized carbons (Fsp3) is 0.0500. The third kappa shape index (κ3) is 4.39. The van der Waals surface area contributed by atoms with Gasteiger partial charge in [-0.2, -0.15) is 5.10 Å². The number of esters is 1. The largest absolute Gasteiger partial charge is 0.497 e. The summed E-state index contributed by atoms with van der Waals surface area (Å²) in [4.78, 5) is 12.5. The summed E-state index contributed by atoms with van der Waals surface area (Å²) in [5.41, 5.74) is 8.95. The van der Waals surface area contributed by atoms with Crippen LogP contribution in [0.3, 0.4) is 0 Å². The fourth-order valence-corrected chi connectivity index (χ4v) is 2.60. The summed E-state index contributed by atoms with van der Waals surface area (Å²) in [5, 5.41) is 5.92. The Hall–Kier alpha value is -3.45. The van der Waals surface area contributed by atoms with Gasteiger partial charge in [-0.25, -0.2) is 4.79 Å². The molecule has 0 radical (unpaired) electrons. The minimum Gasteiger partial charge on any atom is -0.497 e. The van der Waals surface area contributed by atoms with Gasteiger partial charge in [-0.05, 0) is 53.3 Å². The summed E-state index contributed by atoms with van der Waals surface area (Å²) in [7, 11) is 1.56. The molecule has 0 atom stereocenters. The van der Waals surface area contributed by atoms with Crippen molar-refractivity contribution < 1.29 is 14.3 Å². The van der Waals surface area contributed by atoms with Crippen molar-refractivity contribution in [3.8, 4) is 11.5 Å². The van der Waals surface area contributed by atoms with E-state index >= 15 is 0 Å². The Kier molecular flexibility index (Phi) is 5.63. The summed E-state index contributed by atoms with van der Waals surface area (Å²) in [6.07, 6.45) is 1.53. The molecule has 0 unspecified atom stereocenters. The lowest BCUT2D eigenvalue weighted by molar-refractivity contribution is 0.0734. The van der Waals surface area contributed by atoms with Gasteiger partial charge < -0.3 is 15.2 Å². The Bertz CT molecular complexity index is 1020. The first kappa shape index (κ1) is 18.3. The molecule has 3 aromatic carbocycles. The highest BCUT2D eigenvalue weighted by molar-refractivity contribution is 7.80. The number of carbonyl (C=O) groups is 1. The molecule has 0 saturated heterocycles. The second-order valence-corrected chi connectivity index (χ2v) is 5.99. The Morgan fingerprint density at radius 3 is 2.56 bits per heavy atom. The quantitative estimate of drug-likeness (QED) is 0.233. The lowest BCUT2D eigenvalue weighted by Gasteiger charge is -2.11. The minimum atomic E-state index is -0.482. The van der Waals surface area contributed by atoms with Gasteiger partial charge in [0.05, 0.1) is 18.9 Å². The number of hydrazone groups is 1. The van der Waals surface area contributed by atoms with E-state index in [1.54, 1.807) is 37.4 Å². The van der Waals surface area contributed by atoms with E-state index in [-0.39, 0.29) is 5.11 Å². The van der Waals surface area contributed by atoms with E-state index in [1.165, 1.54) is 6.21 Å². The molecule has 27 heavy (non-hydrogen) atoms. The van der Waals surface area contributed by atoms with Crippen molar-refractivity contribution in [2.24, 2.45) is 10.8 Å². The van der Waals surface area contributed by atoms with E-state index in [1.807, 2.05) is 30.3 Å². The predicted octanol–water partition coefficient (Wildman–Crippen LogP) is 3.23. The molecule has 6 nitrogen and oxygen atoms in total. The summed E-state index contributed by atoms with van der Waals surface area (Å²) < 4.78 is 10.7. The molecule has 0 aliphatic heterocycles. The molecule has 3 aromatic rings. The van der Waals surface area contributed by atoms with Gasteiger partial charge >= 0.3 is 5.97 Å². The molecule has 0 aromatic heterocycles. The van der Waals surface area contributed by atoms with E-state index < -0.39 is 5.97 Å². The van der Waals surface area contributed by atoms with Gasteiger partial charge in [0.25, 0.3) is 0 Å². The first-order chi connectivity index (χ1) is 13.1. The summed E-state index contributed by atoms with van der Waals surface area (Å²) in [6.45, 7) is 0. The zero-order chi connectivity index (χ0) is 19.2. The lowest BCUT2D eigenvalue weighted by Crippen LogP contribution is -2.24. The number of nitrogens with one attached hydrogen (secondary N) is 1. The van der Waals surface area contributed by atoms with E-state index in [4.69, 9.17) is 27.4 Å². The van der Waals surface area contributed by atoms with Crippen LogP contribution in [0.4, 0.5) is 0 Å². The van der Waals surface area contributed by atoms with Gasteiger partial charge in [0.1, 0.15) is 11.5 Å². The van der Waals surface area contributed by atoms with Crippen LogP contribution >= 0.6 is 12.2 Å². The van der Waals surface area contributed by atoms with E-state index in [2.05, 4.69) is 10.5 Å². The molecule has 0 heterocycles. The number of hydrogen-bond donors (Lipinski definition) is 2. The van der Waals surface area contributed by atoms with E-state index in [9.17, 15) is 4.79 Å². The number of fused-ring (bicyclic) bond motifs is 1. The molecule has 0 aliphatic rings. The molecule has 0 fully saturated rings. The summed E-state index contributed by atoms with van der Waals surface area (Å²) in [5.74, 6) is 0.557. The van der Waals surface area contributed by atoms with Crippen molar-refractivity contribution in [1.82, 2.24) is 5.43 Å². The first-order valence-corrected chi connectivity index (χ1v) is 8.46. The Labute approximate surface area is 161 Å². The third-order valence-electron chi connectivity index (χ3n) is 3.83. The highest BCUT2D eigenvalue weighted by atomic mass is 32.1. The number of hydrogen-bond acceptors (Lipinski definition) is 5. The minimum absolute atomic E-state index is 0.0447. The number of thiocarbonyl (C=S) groups is 1. The molecule has 136 valence electrons. The normalized spacial score (nSPS) is 10.7. The van der Waals surface area contributed by atoms with Gasteiger partial charge in [0, 0.05) is 5.56 Å². The molecule has 0 spiro atoms. The Morgan fingerprint density at radius 1 is 1.11 bits per heavy atom. The van der Waals surface area contributed by atoms with Crippen molar-refractivity contribution in [2.75, 3.05) is 7.11 Å². The van der Waals surface area contributed by atoms with Gasteiger partial charge in [-0.3, -0.25) is 5.43 Å². The number of benzene rings is 3. The van der Waals surface area contributed by atoms with Crippen molar-refractivity contribution in [2.45, 2.75) is 0 Å². The second kappa shape index (κ2) is 8.29. The molecule has 3 N–H and O–H groups in total. The standard InChI is InChI=1S/C20H17N3O3S/c1-25-15-9-6-14(7-10-15)19(24)26-18-11-8-13-4-2-3-5-16(13)17(18)12-22-23-20(21)27/h2-12H,1H3,(H3,21,23,27). The van der Waals surface area contributed by atoms with Crippen molar-refractivity contribution in [1.29, 1.82) is 0 Å². The molecule has 0 aliphatic carbocycles. The van der Waals surface area contributed by atoms with Crippen molar-refractivity contribution >= 4 is 40.3 Å². The lowest BCUT2D eigenvalue weighted by atomic mass is 10.0. The molecule has 0 saturated carbocycles. The monoisotopic (exact) mass is 379 g/mol. The Morgan fingerprint density at radius 2 is 1.85 bits per heavy atom. The Balaban J connectivity index is 1.95. The van der Waals surface area contributed by atoms with Crippen LogP contribution in [0.25, 0.3) is 10.8 Å². The summed E-state index contributed by atoms with van der Waals surface area (Å²) >= 11 is 4.75. The fourth-order valence-electron chi connectivity index (χ4n) is 2.54. The molecule has 0 bridgehead atoms. The van der Waals surface area contributed by atoms with Crippen LogP contribution in [0.2, 0.25) is 0 Å². The van der Waals surface area contributed by atoms with Gasteiger partial charge in [0.2, 0.25) is 0 Å². The number of nitrogens with two attached hydrogens (primary N) is 1. The number of nitrogens with zero attached hydrogens (tertiary/aromatic N) is 1. The number of rotatable bonds is 5. The van der Waals surface area contributed by atoms with Crippen LogP contribution in [0.5, 0.6) is 11.5 Å². The van der Waals surface area contributed by atoms with Crippen molar-refractivity contribution in [3.05, 3.63) is 71.8 Å². The number of methoxy groups -OCH3 is 1. The van der Waals surface area contributed by atoms with Crippen LogP contribution < -0.4 is 20.6 Å². The van der Waals surface area contributed by atoms with Gasteiger partial charge in [-0.15, -0.1) is 0 Å². The maximum Gasteiger partial charge on any atom is 0.343 e. The molecular formula is C20H17N3O3S. The SMILES string of the molecule is COc1ccc(C(=O)Oc2ccc3ccccc3c2C=NNC(N)=S)cc1. The van der Waals surface area contributed by atoms with Crippen LogP contribution in [-0.4, -0.2) is 24.4 Å². The number of ether oxygens (including phenoxy) is 2. The maximum atomic E-state index is 12.5. The average Bonchev–Trinajstić information content (AvgIpc) is 2.69. The second-order valence-electron chi connectivity index (χ2n) is 5.55. The average molecular weight is 379 g/mol. The summed E-state index contributed by atoms with van der Waals surface area (Å²) in [6, 6.07) is 18.0. The third-order valence-corrected chi connectivity index (χ3v) is 3.92. The molecule has 3 rings (SSSR count). The highest BCUT2D eigenvalue weighted by Crippen LogP contribution is 2.27. The number of carbonyl (C=O) groups excluding carboxylic acids is 1. The van der Waals surface area contributed by atoms with Gasteiger partial charge in [0.15, 0.2) is 5.11 Å². The first-order valence-electron chi connectivity index (χ1n) is 8.05. The van der Waals surface area contributed by atoms with Crippen LogP contribution in [-0.2, 0) is 0 Å². The van der Waals surface area contributed by atoms with E-state index in [0.717, 1.165) is 10.8 Å². The molecule has 0 amide bonds.